The number of aromatic nitrogens is 1. The first kappa shape index (κ1) is 14.1. The maximum Gasteiger partial charge on any atom is 0.232 e. The van der Waals surface area contributed by atoms with Crippen molar-refractivity contribution < 1.29 is 8.95 Å². The Hall–Kier alpha value is -0.940. The van der Waals surface area contributed by atoms with Crippen LogP contribution in [-0.2, 0) is 11.0 Å². The lowest BCUT2D eigenvalue weighted by Crippen LogP contribution is -2.19. The van der Waals surface area contributed by atoms with Crippen molar-refractivity contribution in [3.05, 3.63) is 22.8 Å². The van der Waals surface area contributed by atoms with Crippen molar-refractivity contribution in [2.75, 3.05) is 7.11 Å². The highest BCUT2D eigenvalue weighted by molar-refractivity contribution is 7.85. The Labute approximate surface area is 109 Å². The van der Waals surface area contributed by atoms with Crippen molar-refractivity contribution >= 4 is 28.8 Å². The van der Waals surface area contributed by atoms with Crippen LogP contribution in [0.4, 0.5) is 0 Å². The van der Waals surface area contributed by atoms with Crippen LogP contribution in [-0.4, -0.2) is 27.3 Å². The molecule has 0 N–H and O–H groups in total. The molecule has 94 valence electrons. The van der Waals surface area contributed by atoms with E-state index in [2.05, 4.69) is 9.38 Å². The number of nitrogens with zero attached hydrogens (tertiary/aromatic N) is 2. The predicted octanol–water partition coefficient (Wildman–Crippen LogP) is 2.62. The van der Waals surface area contributed by atoms with Crippen LogP contribution in [0.15, 0.2) is 16.7 Å². The number of hydrogen-bond donors (Lipinski definition) is 0. The van der Waals surface area contributed by atoms with Gasteiger partial charge >= 0.3 is 0 Å². The van der Waals surface area contributed by atoms with Crippen molar-refractivity contribution in [3.8, 4) is 5.88 Å². The van der Waals surface area contributed by atoms with Gasteiger partial charge in [0.25, 0.3) is 0 Å². The Bertz CT molecular complexity index is 455. The van der Waals surface area contributed by atoms with Gasteiger partial charge < -0.3 is 4.74 Å². The summed E-state index contributed by atoms with van der Waals surface area (Å²) in [4.78, 5) is 3.99. The molecule has 0 aliphatic rings. The minimum absolute atomic E-state index is 0.362. The van der Waals surface area contributed by atoms with Crippen LogP contribution in [0.2, 0.25) is 5.02 Å². The largest absolute Gasteiger partial charge is 0.480 e. The third kappa shape index (κ3) is 4.09. The summed E-state index contributed by atoms with van der Waals surface area (Å²) in [5.41, 5.74) is 0.688. The first-order valence-electron chi connectivity index (χ1n) is 5.00. The summed E-state index contributed by atoms with van der Waals surface area (Å²) < 4.78 is 20.2. The van der Waals surface area contributed by atoms with Crippen LogP contribution >= 0.6 is 11.6 Å². The van der Waals surface area contributed by atoms with Gasteiger partial charge in [-0.3, -0.25) is 0 Å². The van der Waals surface area contributed by atoms with Gasteiger partial charge in [0.05, 0.1) is 11.9 Å². The molecule has 0 bridgehead atoms. The van der Waals surface area contributed by atoms with Gasteiger partial charge in [-0.1, -0.05) is 11.6 Å². The maximum atomic E-state index is 11.7. The van der Waals surface area contributed by atoms with E-state index in [4.69, 9.17) is 16.3 Å². The molecule has 1 heterocycles. The second kappa shape index (κ2) is 5.60. The SMILES string of the molecule is COc1ncc(/C=N/S(=O)C(C)(C)C)cc1Cl. The number of halogens is 1. The summed E-state index contributed by atoms with van der Waals surface area (Å²) in [6.45, 7) is 5.58. The number of methoxy groups -OCH3 is 1. The monoisotopic (exact) mass is 274 g/mol. The molecule has 0 aliphatic carbocycles. The van der Waals surface area contributed by atoms with Crippen LogP contribution in [0.1, 0.15) is 26.3 Å². The summed E-state index contributed by atoms with van der Waals surface area (Å²) in [5.74, 6) is 0.362. The molecule has 0 fully saturated rings. The average molecular weight is 275 g/mol. The van der Waals surface area contributed by atoms with Gasteiger partial charge in [0.1, 0.15) is 16.0 Å². The minimum Gasteiger partial charge on any atom is -0.480 e. The molecule has 0 saturated carbocycles. The Balaban J connectivity index is 2.86. The van der Waals surface area contributed by atoms with Crippen LogP contribution in [0.25, 0.3) is 0 Å². The molecule has 1 rings (SSSR count). The summed E-state index contributed by atoms with van der Waals surface area (Å²) in [7, 11) is 0.212. The summed E-state index contributed by atoms with van der Waals surface area (Å²) >= 11 is 5.91. The van der Waals surface area contributed by atoms with E-state index in [-0.39, 0.29) is 4.75 Å². The van der Waals surface area contributed by atoms with E-state index in [1.54, 1.807) is 12.3 Å². The fourth-order valence-electron chi connectivity index (χ4n) is 0.928. The summed E-state index contributed by atoms with van der Waals surface area (Å²) in [6, 6.07) is 1.66. The summed E-state index contributed by atoms with van der Waals surface area (Å²) in [6.07, 6.45) is 3.06. The van der Waals surface area contributed by atoms with E-state index in [9.17, 15) is 4.21 Å². The molecule has 0 radical (unpaired) electrons. The lowest BCUT2D eigenvalue weighted by atomic mass is 10.3. The number of pyridine rings is 1. The highest BCUT2D eigenvalue weighted by atomic mass is 35.5. The fourth-order valence-corrected chi connectivity index (χ4v) is 1.71. The normalized spacial score (nSPS) is 13.9. The lowest BCUT2D eigenvalue weighted by molar-refractivity contribution is 0.398. The van der Waals surface area contributed by atoms with E-state index >= 15 is 0 Å². The van der Waals surface area contributed by atoms with Crippen molar-refractivity contribution in [3.63, 3.8) is 0 Å². The molecular formula is C11H15ClN2O2S. The van der Waals surface area contributed by atoms with Crippen LogP contribution in [0.3, 0.4) is 0 Å². The molecule has 6 heteroatoms. The van der Waals surface area contributed by atoms with Crippen molar-refractivity contribution in [2.24, 2.45) is 4.40 Å². The first-order valence-corrected chi connectivity index (χ1v) is 6.48. The number of hydrogen-bond acceptors (Lipinski definition) is 3. The van der Waals surface area contributed by atoms with Gasteiger partial charge in [-0.15, -0.1) is 0 Å². The zero-order valence-corrected chi connectivity index (χ0v) is 11.8. The molecule has 0 saturated heterocycles. The van der Waals surface area contributed by atoms with Crippen LogP contribution < -0.4 is 4.74 Å². The van der Waals surface area contributed by atoms with E-state index < -0.39 is 11.0 Å². The highest BCUT2D eigenvalue weighted by Crippen LogP contribution is 2.21. The first-order chi connectivity index (χ1) is 7.84. The van der Waals surface area contributed by atoms with Gasteiger partial charge in [-0.25, -0.2) is 9.19 Å². The standard InChI is InChI=1S/C11H15ClN2O2S/c1-11(2,3)17(15)14-7-8-5-9(12)10(16-4)13-6-8/h5-7H,1-4H3/b14-7+. The van der Waals surface area contributed by atoms with Gasteiger partial charge in [0.15, 0.2) is 0 Å². The molecule has 1 aromatic heterocycles. The quantitative estimate of drug-likeness (QED) is 0.796. The Morgan fingerprint density at radius 3 is 2.65 bits per heavy atom. The molecular weight excluding hydrogens is 260 g/mol. The second-order valence-electron chi connectivity index (χ2n) is 4.36. The number of rotatable bonds is 3. The molecule has 0 aliphatic heterocycles. The van der Waals surface area contributed by atoms with Gasteiger partial charge in [-0.2, -0.15) is 4.40 Å². The van der Waals surface area contributed by atoms with Gasteiger partial charge in [0, 0.05) is 18.0 Å². The van der Waals surface area contributed by atoms with Crippen molar-refractivity contribution in [2.45, 2.75) is 25.5 Å². The van der Waals surface area contributed by atoms with E-state index in [0.29, 0.717) is 16.5 Å². The second-order valence-corrected chi connectivity index (χ2v) is 6.70. The Morgan fingerprint density at radius 2 is 2.18 bits per heavy atom. The molecule has 17 heavy (non-hydrogen) atoms. The summed E-state index contributed by atoms with van der Waals surface area (Å²) in [5, 5.41) is 0.401. The lowest BCUT2D eigenvalue weighted by Gasteiger charge is -2.12. The molecule has 1 aromatic rings. The van der Waals surface area contributed by atoms with Crippen LogP contribution in [0.5, 0.6) is 5.88 Å². The molecule has 0 aromatic carbocycles. The van der Waals surface area contributed by atoms with Gasteiger partial charge in [0.2, 0.25) is 5.88 Å². The molecule has 0 spiro atoms. The zero-order valence-electron chi connectivity index (χ0n) is 10.2. The van der Waals surface area contributed by atoms with Crippen molar-refractivity contribution in [1.82, 2.24) is 4.98 Å². The topological polar surface area (TPSA) is 51.6 Å². The molecule has 1 atom stereocenters. The van der Waals surface area contributed by atoms with Gasteiger partial charge in [-0.05, 0) is 26.8 Å². The van der Waals surface area contributed by atoms with Crippen LogP contribution in [0, 0.1) is 0 Å². The average Bonchev–Trinajstić information content (AvgIpc) is 2.24. The maximum absolute atomic E-state index is 11.7. The van der Waals surface area contributed by atoms with E-state index in [1.165, 1.54) is 13.3 Å². The Kier molecular flexibility index (Phi) is 4.65. The van der Waals surface area contributed by atoms with E-state index in [1.807, 2.05) is 20.8 Å². The third-order valence-corrected chi connectivity index (χ3v) is 3.46. The minimum atomic E-state index is -1.28. The zero-order chi connectivity index (χ0) is 13.1. The molecule has 1 unspecified atom stereocenters. The van der Waals surface area contributed by atoms with Crippen molar-refractivity contribution in [1.29, 1.82) is 0 Å². The smallest absolute Gasteiger partial charge is 0.232 e. The molecule has 0 amide bonds. The predicted molar refractivity (Wildman–Crippen MR) is 71.3 cm³/mol. The molecule has 4 nitrogen and oxygen atoms in total. The third-order valence-electron chi connectivity index (χ3n) is 1.84. The Morgan fingerprint density at radius 1 is 1.53 bits per heavy atom. The van der Waals surface area contributed by atoms with E-state index in [0.717, 1.165) is 0 Å². The fraction of sp³-hybridized carbons (Fsp3) is 0.455. The highest BCUT2D eigenvalue weighted by Gasteiger charge is 2.18. The number of ether oxygens (including phenoxy) is 1.